The number of hydrogen-bond donors (Lipinski definition) is 4. The summed E-state index contributed by atoms with van der Waals surface area (Å²) in [5.74, 6) is -2.28. The number of nitrogens with one attached hydrogen (secondary N) is 3. The largest absolute Gasteiger partial charge is 0.480 e. The zero-order valence-electron chi connectivity index (χ0n) is 11.4. The van der Waals surface area contributed by atoms with Crippen LogP contribution in [0, 0.1) is 0 Å². The molecule has 1 aromatic carbocycles. The monoisotopic (exact) mass is 400 g/mol. The van der Waals surface area contributed by atoms with Crippen molar-refractivity contribution in [2.75, 3.05) is 11.9 Å². The van der Waals surface area contributed by atoms with E-state index in [9.17, 15) is 14.4 Å². The van der Waals surface area contributed by atoms with E-state index in [2.05, 4.69) is 36.8 Å². The summed E-state index contributed by atoms with van der Waals surface area (Å²) in [6.45, 7) is -0.536. The van der Waals surface area contributed by atoms with E-state index in [0.29, 0.717) is 0 Å². The fourth-order valence-electron chi connectivity index (χ4n) is 1.63. The number of aromatic nitrogens is 2. The van der Waals surface area contributed by atoms with Crippen molar-refractivity contribution < 1.29 is 19.5 Å². The number of aromatic amines is 1. The van der Waals surface area contributed by atoms with E-state index in [1.165, 1.54) is 0 Å². The van der Waals surface area contributed by atoms with Gasteiger partial charge < -0.3 is 15.7 Å². The van der Waals surface area contributed by atoms with Crippen molar-refractivity contribution in [3.05, 3.63) is 45.0 Å². The molecule has 0 radical (unpaired) electrons. The van der Waals surface area contributed by atoms with E-state index in [1.807, 2.05) is 0 Å². The van der Waals surface area contributed by atoms with Gasteiger partial charge in [-0.05, 0) is 28.1 Å². The second-order valence-corrected chi connectivity index (χ2v) is 5.47. The number of hydrogen-bond acceptors (Lipinski definition) is 4. The summed E-state index contributed by atoms with van der Waals surface area (Å²) in [4.78, 5) is 34.4. The third-order valence-electron chi connectivity index (χ3n) is 2.68. The third-order valence-corrected chi connectivity index (χ3v) is 3.79. The molecule has 0 aliphatic heterocycles. The van der Waals surface area contributed by atoms with Gasteiger partial charge in [-0.25, -0.2) is 0 Å². The molecule has 23 heavy (non-hydrogen) atoms. The zero-order chi connectivity index (χ0) is 17.0. The Balaban J connectivity index is 2.13. The summed E-state index contributed by atoms with van der Waals surface area (Å²) in [5, 5.41) is 19.7. The zero-order valence-corrected chi connectivity index (χ0v) is 13.7. The third kappa shape index (κ3) is 4.08. The molecule has 1 aromatic heterocycles. The lowest BCUT2D eigenvalue weighted by molar-refractivity contribution is -0.135. The van der Waals surface area contributed by atoms with Gasteiger partial charge in [0.25, 0.3) is 11.8 Å². The van der Waals surface area contributed by atoms with Crippen LogP contribution in [-0.4, -0.2) is 39.6 Å². The summed E-state index contributed by atoms with van der Waals surface area (Å²) < 4.78 is 0.195. The van der Waals surface area contributed by atoms with Gasteiger partial charge in [0.2, 0.25) is 0 Å². The number of amides is 2. The highest BCUT2D eigenvalue weighted by molar-refractivity contribution is 9.10. The van der Waals surface area contributed by atoms with Gasteiger partial charge in [-0.1, -0.05) is 23.7 Å². The summed E-state index contributed by atoms with van der Waals surface area (Å²) >= 11 is 9.06. The van der Waals surface area contributed by atoms with Gasteiger partial charge in [0.1, 0.15) is 12.2 Å². The van der Waals surface area contributed by atoms with E-state index >= 15 is 0 Å². The fourth-order valence-corrected chi connectivity index (χ4v) is 2.30. The van der Waals surface area contributed by atoms with Crippen molar-refractivity contribution in [1.82, 2.24) is 15.5 Å². The summed E-state index contributed by atoms with van der Waals surface area (Å²) in [6, 6.07) is 6.46. The van der Waals surface area contributed by atoms with Gasteiger partial charge in [0, 0.05) is 0 Å². The summed E-state index contributed by atoms with van der Waals surface area (Å²) in [6.07, 6.45) is 0. The lowest BCUT2D eigenvalue weighted by Crippen LogP contribution is -2.29. The SMILES string of the molecule is O=C(O)CNC(=O)c1[nH]nc(NC(=O)c2ccccc2Cl)c1Br. The lowest BCUT2D eigenvalue weighted by atomic mass is 10.2. The molecule has 2 rings (SSSR count). The smallest absolute Gasteiger partial charge is 0.322 e. The number of carbonyl (C=O) groups is 3. The average Bonchev–Trinajstić information content (AvgIpc) is 2.86. The number of carboxylic acid groups (broad SMARTS) is 1. The topological polar surface area (TPSA) is 124 Å². The van der Waals surface area contributed by atoms with E-state index in [4.69, 9.17) is 16.7 Å². The van der Waals surface area contributed by atoms with Gasteiger partial charge in [-0.3, -0.25) is 19.5 Å². The maximum absolute atomic E-state index is 12.1. The van der Waals surface area contributed by atoms with E-state index in [-0.39, 0.29) is 26.6 Å². The predicted octanol–water partition coefficient (Wildman–Crippen LogP) is 1.89. The molecule has 0 unspecified atom stereocenters. The Morgan fingerprint density at radius 2 is 1.96 bits per heavy atom. The first kappa shape index (κ1) is 17.0. The molecule has 0 saturated carbocycles. The first-order valence-electron chi connectivity index (χ1n) is 6.20. The quantitative estimate of drug-likeness (QED) is 0.609. The van der Waals surface area contributed by atoms with E-state index in [1.54, 1.807) is 24.3 Å². The van der Waals surface area contributed by atoms with Gasteiger partial charge in [-0.15, -0.1) is 0 Å². The first-order chi connectivity index (χ1) is 10.9. The van der Waals surface area contributed by atoms with Crippen LogP contribution in [0.1, 0.15) is 20.8 Å². The average molecular weight is 402 g/mol. The van der Waals surface area contributed by atoms with Crippen molar-refractivity contribution in [2.45, 2.75) is 0 Å². The highest BCUT2D eigenvalue weighted by atomic mass is 79.9. The molecule has 8 nitrogen and oxygen atoms in total. The second kappa shape index (κ2) is 7.25. The molecular weight excluding hydrogens is 392 g/mol. The molecule has 0 aliphatic carbocycles. The minimum atomic E-state index is -1.18. The number of carboxylic acids is 1. The van der Waals surface area contributed by atoms with Crippen LogP contribution in [0.3, 0.4) is 0 Å². The molecule has 2 amide bonds. The maximum Gasteiger partial charge on any atom is 0.322 e. The summed E-state index contributed by atoms with van der Waals surface area (Å²) in [7, 11) is 0. The van der Waals surface area contributed by atoms with Crippen molar-refractivity contribution in [1.29, 1.82) is 0 Å². The molecule has 0 fully saturated rings. The van der Waals surface area contributed by atoms with Crippen molar-refractivity contribution >= 4 is 51.1 Å². The van der Waals surface area contributed by atoms with Crippen LogP contribution in [0.2, 0.25) is 5.02 Å². The molecule has 0 aliphatic rings. The van der Waals surface area contributed by atoms with Crippen molar-refractivity contribution in [3.8, 4) is 0 Å². The molecule has 4 N–H and O–H groups in total. The Morgan fingerprint density at radius 1 is 1.26 bits per heavy atom. The number of carbonyl (C=O) groups excluding carboxylic acids is 2. The number of halogens is 2. The van der Waals surface area contributed by atoms with E-state index < -0.39 is 24.3 Å². The fraction of sp³-hybridized carbons (Fsp3) is 0.0769. The Labute approximate surface area is 143 Å². The van der Waals surface area contributed by atoms with Gasteiger partial charge in [-0.2, -0.15) is 5.10 Å². The van der Waals surface area contributed by atoms with Crippen LogP contribution in [0.25, 0.3) is 0 Å². The molecule has 0 saturated heterocycles. The van der Waals surface area contributed by atoms with Crippen LogP contribution in [0.15, 0.2) is 28.7 Å². The molecular formula is C13H10BrClN4O4. The number of aliphatic carboxylic acids is 1. The van der Waals surface area contributed by atoms with Crippen molar-refractivity contribution in [2.24, 2.45) is 0 Å². The molecule has 0 atom stereocenters. The number of rotatable bonds is 5. The molecule has 120 valence electrons. The highest BCUT2D eigenvalue weighted by Gasteiger charge is 2.20. The molecule has 0 bridgehead atoms. The molecule has 2 aromatic rings. The van der Waals surface area contributed by atoms with Gasteiger partial charge in [0.05, 0.1) is 15.1 Å². The minimum Gasteiger partial charge on any atom is -0.480 e. The number of anilines is 1. The van der Waals surface area contributed by atoms with Crippen LogP contribution in [0.4, 0.5) is 5.82 Å². The van der Waals surface area contributed by atoms with Crippen LogP contribution < -0.4 is 10.6 Å². The van der Waals surface area contributed by atoms with E-state index in [0.717, 1.165) is 0 Å². The Hall–Kier alpha value is -2.39. The lowest BCUT2D eigenvalue weighted by Gasteiger charge is -2.04. The Morgan fingerprint density at radius 3 is 2.61 bits per heavy atom. The minimum absolute atomic E-state index is 0.0132. The van der Waals surface area contributed by atoms with Crippen molar-refractivity contribution in [3.63, 3.8) is 0 Å². The number of H-pyrrole nitrogens is 1. The number of nitrogens with zero attached hydrogens (tertiary/aromatic N) is 1. The van der Waals surface area contributed by atoms with Crippen LogP contribution >= 0.6 is 27.5 Å². The molecule has 10 heteroatoms. The highest BCUT2D eigenvalue weighted by Crippen LogP contribution is 2.25. The standard InChI is InChI=1S/C13H10BrClN4O4/c14-9-10(13(23)16-5-8(20)21)18-19-11(9)17-12(22)6-3-1-2-4-7(6)15/h1-4H,5H2,(H,16,23)(H,20,21)(H2,17,18,19,22). The first-order valence-corrected chi connectivity index (χ1v) is 7.37. The normalized spacial score (nSPS) is 10.2. The number of benzene rings is 1. The maximum atomic E-state index is 12.1. The second-order valence-electron chi connectivity index (χ2n) is 4.27. The van der Waals surface area contributed by atoms with Gasteiger partial charge in [0.15, 0.2) is 5.82 Å². The van der Waals surface area contributed by atoms with Gasteiger partial charge >= 0.3 is 5.97 Å². The molecule has 1 heterocycles. The summed E-state index contributed by atoms with van der Waals surface area (Å²) in [5.41, 5.74) is 0.238. The van der Waals surface area contributed by atoms with Crippen LogP contribution in [0.5, 0.6) is 0 Å². The predicted molar refractivity (Wildman–Crippen MR) is 85.7 cm³/mol. The Kier molecular flexibility index (Phi) is 5.35. The molecule has 0 spiro atoms. The van der Waals surface area contributed by atoms with Crippen LogP contribution in [-0.2, 0) is 4.79 Å². The Bertz CT molecular complexity index is 777.